The van der Waals surface area contributed by atoms with E-state index < -0.39 is 0 Å². The number of hydrogen-bond donors (Lipinski definition) is 1. The van der Waals surface area contributed by atoms with Crippen LogP contribution in [-0.2, 0) is 13.6 Å². The molecule has 2 nitrogen and oxygen atoms in total. The first-order chi connectivity index (χ1) is 10.1. The number of anilines is 1. The molecular weight excluding hydrogens is 324 g/mol. The van der Waals surface area contributed by atoms with Crippen LogP contribution in [0.3, 0.4) is 0 Å². The molecule has 0 bridgehead atoms. The number of aryl methyl sites for hydroxylation is 3. The van der Waals surface area contributed by atoms with Gasteiger partial charge in [-0.3, -0.25) is 0 Å². The minimum absolute atomic E-state index is 0.833. The Labute approximate surface area is 133 Å². The molecule has 0 aliphatic carbocycles. The smallest absolute Gasteiger partial charge is 0.0556 e. The summed E-state index contributed by atoms with van der Waals surface area (Å²) in [7, 11) is 2.14. The largest absolute Gasteiger partial charge is 0.379 e. The normalized spacial score (nSPS) is 11.0. The Hall–Kier alpha value is -1.74. The Bertz CT molecular complexity index is 763. The van der Waals surface area contributed by atoms with Crippen LogP contribution in [-0.4, -0.2) is 4.57 Å². The van der Waals surface area contributed by atoms with Crippen molar-refractivity contribution in [2.75, 3.05) is 5.32 Å². The van der Waals surface area contributed by atoms with E-state index in [4.69, 9.17) is 0 Å². The molecule has 3 aromatic rings. The molecule has 108 valence electrons. The number of halogens is 1. The third-order valence-electron chi connectivity index (χ3n) is 4.14. The van der Waals surface area contributed by atoms with Crippen LogP contribution in [0.5, 0.6) is 0 Å². The maximum absolute atomic E-state index is 3.56. The van der Waals surface area contributed by atoms with Gasteiger partial charge in [-0.2, -0.15) is 0 Å². The van der Waals surface area contributed by atoms with Gasteiger partial charge in [-0.1, -0.05) is 34.1 Å². The van der Waals surface area contributed by atoms with Gasteiger partial charge < -0.3 is 9.88 Å². The molecule has 1 aromatic heterocycles. The monoisotopic (exact) mass is 342 g/mol. The predicted octanol–water partition coefficient (Wildman–Crippen LogP) is 5.17. The molecule has 3 rings (SSSR count). The Balaban J connectivity index is 1.92. The molecule has 0 unspecified atom stereocenters. The zero-order valence-electron chi connectivity index (χ0n) is 12.6. The first kappa shape index (κ1) is 14.2. The average molecular weight is 343 g/mol. The second-order valence-corrected chi connectivity index (χ2v) is 6.38. The Kier molecular flexibility index (Phi) is 3.77. The van der Waals surface area contributed by atoms with E-state index in [1.807, 2.05) is 0 Å². The summed E-state index contributed by atoms with van der Waals surface area (Å²) in [6.07, 6.45) is 0. The summed E-state index contributed by atoms with van der Waals surface area (Å²) in [5.74, 6) is 0. The van der Waals surface area contributed by atoms with E-state index in [9.17, 15) is 0 Å². The summed E-state index contributed by atoms with van der Waals surface area (Å²) in [5, 5.41) is 4.89. The molecule has 0 spiro atoms. The van der Waals surface area contributed by atoms with Crippen molar-refractivity contribution in [2.24, 2.45) is 7.05 Å². The molecule has 0 radical (unpaired) electrons. The van der Waals surface area contributed by atoms with Crippen LogP contribution < -0.4 is 5.32 Å². The van der Waals surface area contributed by atoms with Crippen LogP contribution in [0.25, 0.3) is 10.9 Å². The lowest BCUT2D eigenvalue weighted by Gasteiger charge is -2.12. The van der Waals surface area contributed by atoms with E-state index in [0.29, 0.717) is 0 Å². The van der Waals surface area contributed by atoms with Gasteiger partial charge in [0, 0.05) is 33.8 Å². The number of aromatic nitrogens is 1. The Morgan fingerprint density at radius 3 is 2.57 bits per heavy atom. The van der Waals surface area contributed by atoms with Gasteiger partial charge in [0.15, 0.2) is 0 Å². The van der Waals surface area contributed by atoms with E-state index in [2.05, 4.69) is 89.2 Å². The molecule has 0 saturated carbocycles. The molecule has 21 heavy (non-hydrogen) atoms. The van der Waals surface area contributed by atoms with Crippen molar-refractivity contribution in [1.29, 1.82) is 0 Å². The molecule has 0 fully saturated rings. The first-order valence-electron chi connectivity index (χ1n) is 7.11. The maximum Gasteiger partial charge on any atom is 0.0556 e. The second-order valence-electron chi connectivity index (χ2n) is 5.46. The Morgan fingerprint density at radius 1 is 1.10 bits per heavy atom. The second kappa shape index (κ2) is 5.57. The van der Waals surface area contributed by atoms with Crippen LogP contribution in [0.2, 0.25) is 0 Å². The lowest BCUT2D eigenvalue weighted by atomic mass is 10.1. The highest BCUT2D eigenvalue weighted by molar-refractivity contribution is 9.10. The van der Waals surface area contributed by atoms with E-state index in [0.717, 1.165) is 11.0 Å². The third kappa shape index (κ3) is 2.58. The summed E-state index contributed by atoms with van der Waals surface area (Å²) >= 11 is 3.51. The highest BCUT2D eigenvalue weighted by Gasteiger charge is 2.11. The van der Waals surface area contributed by atoms with E-state index >= 15 is 0 Å². The molecule has 1 N–H and O–H groups in total. The first-order valence-corrected chi connectivity index (χ1v) is 7.90. The number of rotatable bonds is 3. The molecule has 3 heteroatoms. The quantitative estimate of drug-likeness (QED) is 0.694. The summed E-state index contributed by atoms with van der Waals surface area (Å²) in [5.41, 5.74) is 6.41. The van der Waals surface area contributed by atoms with Gasteiger partial charge in [0.1, 0.15) is 0 Å². The van der Waals surface area contributed by atoms with Crippen LogP contribution >= 0.6 is 15.9 Å². The molecule has 0 aliphatic heterocycles. The minimum atomic E-state index is 0.833. The fourth-order valence-electron chi connectivity index (χ4n) is 2.89. The minimum Gasteiger partial charge on any atom is -0.379 e. The number of hydrogen-bond acceptors (Lipinski definition) is 1. The fourth-order valence-corrected chi connectivity index (χ4v) is 3.37. The van der Waals surface area contributed by atoms with Crippen molar-refractivity contribution in [1.82, 2.24) is 4.57 Å². The van der Waals surface area contributed by atoms with Gasteiger partial charge in [0.05, 0.1) is 6.54 Å². The number of fused-ring (bicyclic) bond motifs is 1. The number of benzene rings is 2. The van der Waals surface area contributed by atoms with Gasteiger partial charge in [0.2, 0.25) is 0 Å². The summed E-state index contributed by atoms with van der Waals surface area (Å²) in [4.78, 5) is 0. The maximum atomic E-state index is 3.56. The van der Waals surface area contributed by atoms with Crippen molar-refractivity contribution in [3.8, 4) is 0 Å². The van der Waals surface area contributed by atoms with Crippen molar-refractivity contribution >= 4 is 32.5 Å². The zero-order valence-corrected chi connectivity index (χ0v) is 14.2. The zero-order chi connectivity index (χ0) is 15.0. The van der Waals surface area contributed by atoms with E-state index in [1.165, 1.54) is 33.4 Å². The van der Waals surface area contributed by atoms with Crippen molar-refractivity contribution in [2.45, 2.75) is 20.4 Å². The highest BCUT2D eigenvalue weighted by atomic mass is 79.9. The molecular formula is C18H19BrN2. The van der Waals surface area contributed by atoms with Crippen LogP contribution in [0, 0.1) is 13.8 Å². The lowest BCUT2D eigenvalue weighted by Crippen LogP contribution is -2.06. The average Bonchev–Trinajstić information content (AvgIpc) is 2.71. The topological polar surface area (TPSA) is 17.0 Å². The van der Waals surface area contributed by atoms with Crippen molar-refractivity contribution in [3.63, 3.8) is 0 Å². The van der Waals surface area contributed by atoms with Gasteiger partial charge >= 0.3 is 0 Å². The van der Waals surface area contributed by atoms with Crippen LogP contribution in [0.1, 0.15) is 16.8 Å². The molecule has 0 aliphatic rings. The van der Waals surface area contributed by atoms with Crippen molar-refractivity contribution in [3.05, 3.63) is 63.8 Å². The van der Waals surface area contributed by atoms with Crippen molar-refractivity contribution < 1.29 is 0 Å². The Morgan fingerprint density at radius 2 is 1.86 bits per heavy atom. The lowest BCUT2D eigenvalue weighted by molar-refractivity contribution is 0.862. The van der Waals surface area contributed by atoms with Gasteiger partial charge in [0.25, 0.3) is 0 Å². The van der Waals surface area contributed by atoms with Crippen LogP contribution in [0.15, 0.2) is 46.9 Å². The van der Waals surface area contributed by atoms with Gasteiger partial charge in [-0.15, -0.1) is 0 Å². The predicted molar refractivity (Wildman–Crippen MR) is 93.9 cm³/mol. The number of nitrogens with one attached hydrogen (secondary N) is 1. The molecule has 0 atom stereocenters. The number of para-hydroxylation sites is 1. The SMILES string of the molecule is Cc1cc(Br)ccc1NCc1c(C)c2ccccc2n1C. The van der Waals surface area contributed by atoms with Crippen LogP contribution in [0.4, 0.5) is 5.69 Å². The van der Waals surface area contributed by atoms with Gasteiger partial charge in [-0.25, -0.2) is 0 Å². The molecule has 2 aromatic carbocycles. The van der Waals surface area contributed by atoms with Gasteiger partial charge in [-0.05, 0) is 49.2 Å². The van der Waals surface area contributed by atoms with E-state index in [1.54, 1.807) is 0 Å². The summed E-state index contributed by atoms with van der Waals surface area (Å²) in [6.45, 7) is 5.16. The standard InChI is InChI=1S/C18H19BrN2/c1-12-10-14(19)8-9-16(12)20-11-18-13(2)15-6-4-5-7-17(15)21(18)3/h4-10,20H,11H2,1-3H3. The fraction of sp³-hybridized carbons (Fsp3) is 0.222. The summed E-state index contributed by atoms with van der Waals surface area (Å²) < 4.78 is 3.40. The molecule has 0 saturated heterocycles. The van der Waals surface area contributed by atoms with E-state index in [-0.39, 0.29) is 0 Å². The summed E-state index contributed by atoms with van der Waals surface area (Å²) in [6, 6.07) is 14.9. The highest BCUT2D eigenvalue weighted by Crippen LogP contribution is 2.26. The third-order valence-corrected chi connectivity index (χ3v) is 4.64. The molecule has 1 heterocycles. The number of nitrogens with zero attached hydrogens (tertiary/aromatic N) is 1. The molecule has 0 amide bonds.